The molecule has 0 unspecified atom stereocenters. The summed E-state index contributed by atoms with van der Waals surface area (Å²) in [7, 11) is 3.58. The van der Waals surface area contributed by atoms with E-state index in [1.54, 1.807) is 21.3 Å². The fourth-order valence-corrected chi connectivity index (χ4v) is 3.94. The average Bonchev–Trinajstić information content (AvgIpc) is 2.38. The van der Waals surface area contributed by atoms with Gasteiger partial charge in [0.25, 0.3) is 0 Å². The van der Waals surface area contributed by atoms with Gasteiger partial charge in [0.15, 0.2) is 0 Å². The first-order chi connectivity index (χ1) is 8.24. The highest BCUT2D eigenvalue weighted by Crippen LogP contribution is 2.18. The monoisotopic (exact) mass is 280 g/mol. The van der Waals surface area contributed by atoms with E-state index < -0.39 is 8.80 Å². The molecule has 0 aliphatic heterocycles. The van der Waals surface area contributed by atoms with E-state index in [-0.39, 0.29) is 0 Å². The first kappa shape index (κ1) is 17.3. The lowest BCUT2D eigenvalue weighted by atomic mass is 10.1. The Morgan fingerprint density at radius 2 is 1.24 bits per heavy atom. The Balaban J connectivity index is 3.43. The number of hydrogen-bond acceptors (Lipinski definition) is 4. The van der Waals surface area contributed by atoms with Crippen LogP contribution in [0.4, 0.5) is 0 Å². The third-order valence-corrected chi connectivity index (χ3v) is 6.25. The van der Waals surface area contributed by atoms with Crippen LogP contribution in [-0.4, -0.2) is 47.2 Å². The van der Waals surface area contributed by atoms with Crippen molar-refractivity contribution in [2.75, 3.05) is 27.9 Å². The molecular formula is C11H28O4Si2. The van der Waals surface area contributed by atoms with Crippen LogP contribution in [0.1, 0.15) is 38.5 Å². The smallest absolute Gasteiger partial charge is 0.428 e. The lowest BCUT2D eigenvalue weighted by molar-refractivity contribution is 0.122. The molecule has 0 rings (SSSR count). The minimum atomic E-state index is -2.31. The van der Waals surface area contributed by atoms with Gasteiger partial charge in [-0.3, -0.25) is 0 Å². The van der Waals surface area contributed by atoms with Crippen molar-refractivity contribution in [3.05, 3.63) is 0 Å². The van der Waals surface area contributed by atoms with Crippen LogP contribution >= 0.6 is 0 Å². The van der Waals surface area contributed by atoms with Gasteiger partial charge in [-0.15, -0.1) is 0 Å². The lowest BCUT2D eigenvalue weighted by Gasteiger charge is -2.24. The largest absolute Gasteiger partial charge is 0.500 e. The molecule has 0 aromatic carbocycles. The summed E-state index contributed by atoms with van der Waals surface area (Å²) in [4.78, 5) is 0. The van der Waals surface area contributed by atoms with E-state index in [0.717, 1.165) is 29.6 Å². The van der Waals surface area contributed by atoms with Crippen molar-refractivity contribution in [3.63, 3.8) is 0 Å². The Morgan fingerprint density at radius 3 is 1.71 bits per heavy atom. The fraction of sp³-hybridized carbons (Fsp3) is 1.00. The van der Waals surface area contributed by atoms with Crippen LogP contribution in [0.5, 0.6) is 0 Å². The predicted molar refractivity (Wildman–Crippen MR) is 75.2 cm³/mol. The lowest BCUT2D eigenvalue weighted by Crippen LogP contribution is -2.42. The van der Waals surface area contributed by atoms with E-state index in [9.17, 15) is 0 Å². The highest BCUT2D eigenvalue weighted by molar-refractivity contribution is 6.60. The molecular weight excluding hydrogens is 252 g/mol. The van der Waals surface area contributed by atoms with E-state index >= 15 is 0 Å². The zero-order valence-corrected chi connectivity index (χ0v) is 14.8. The molecule has 0 amide bonds. The summed E-state index contributed by atoms with van der Waals surface area (Å²) in [6.07, 6.45) is 7.42. The summed E-state index contributed by atoms with van der Waals surface area (Å²) in [5, 5.41) is 0. The average molecular weight is 281 g/mol. The number of rotatable bonds is 12. The molecule has 4 nitrogen and oxygen atoms in total. The van der Waals surface area contributed by atoms with E-state index in [2.05, 4.69) is 0 Å². The van der Waals surface area contributed by atoms with Gasteiger partial charge in [-0.05, 0) is 12.8 Å². The second kappa shape index (κ2) is 11.4. The van der Waals surface area contributed by atoms with E-state index in [0.29, 0.717) is 0 Å². The zero-order chi connectivity index (χ0) is 13.0. The van der Waals surface area contributed by atoms with Gasteiger partial charge < -0.3 is 17.7 Å². The van der Waals surface area contributed by atoms with Crippen LogP contribution in [0.3, 0.4) is 0 Å². The van der Waals surface area contributed by atoms with Crippen molar-refractivity contribution in [3.8, 4) is 0 Å². The second-order valence-corrected chi connectivity index (χ2v) is 7.83. The first-order valence-electron chi connectivity index (χ1n) is 6.39. The summed E-state index contributed by atoms with van der Waals surface area (Å²) in [6.45, 7) is 0.944. The molecule has 0 radical (unpaired) electrons. The molecule has 0 N–H and O–H groups in total. The van der Waals surface area contributed by atoms with Gasteiger partial charge in [-0.2, -0.15) is 0 Å². The second-order valence-electron chi connectivity index (χ2n) is 4.16. The van der Waals surface area contributed by atoms with Crippen LogP contribution in [-0.2, 0) is 17.7 Å². The van der Waals surface area contributed by atoms with E-state index in [4.69, 9.17) is 17.7 Å². The Labute approximate surface area is 110 Å². The third kappa shape index (κ3) is 8.07. The molecule has 6 heteroatoms. The SMILES string of the molecule is CO[Si](CCCCCCCCO[SiH3])(OC)OC. The van der Waals surface area contributed by atoms with Crippen LogP contribution in [0.25, 0.3) is 0 Å². The molecule has 0 aliphatic carbocycles. The molecule has 104 valence electrons. The van der Waals surface area contributed by atoms with Crippen molar-refractivity contribution in [2.45, 2.75) is 44.6 Å². The molecule has 0 saturated carbocycles. The summed E-state index contributed by atoms with van der Waals surface area (Å²) in [6, 6.07) is 0.917. The normalized spacial score (nSPS) is 12.2. The molecule has 0 atom stereocenters. The molecule has 0 bridgehead atoms. The van der Waals surface area contributed by atoms with Crippen LogP contribution in [0.15, 0.2) is 0 Å². The van der Waals surface area contributed by atoms with Crippen molar-refractivity contribution in [1.29, 1.82) is 0 Å². The Bertz CT molecular complexity index is 157. The van der Waals surface area contributed by atoms with Crippen molar-refractivity contribution in [1.82, 2.24) is 0 Å². The van der Waals surface area contributed by atoms with Crippen LogP contribution < -0.4 is 0 Å². The van der Waals surface area contributed by atoms with Gasteiger partial charge in [0.1, 0.15) is 10.5 Å². The molecule has 0 aromatic heterocycles. The summed E-state index contributed by atoms with van der Waals surface area (Å²) in [5.41, 5.74) is 0. The molecule has 0 spiro atoms. The number of hydrogen-bond donors (Lipinski definition) is 0. The molecule has 0 heterocycles. The molecule has 0 aliphatic rings. The minimum absolute atomic E-state index is 0.867. The van der Waals surface area contributed by atoms with Crippen molar-refractivity contribution < 1.29 is 17.7 Å². The topological polar surface area (TPSA) is 36.9 Å². The molecule has 0 saturated heterocycles. The Kier molecular flexibility index (Phi) is 11.6. The molecule has 0 fully saturated rings. The van der Waals surface area contributed by atoms with Gasteiger partial charge >= 0.3 is 8.80 Å². The maximum Gasteiger partial charge on any atom is 0.500 e. The Hall–Kier alpha value is 0.274. The molecule has 0 aromatic rings. The first-order valence-corrected chi connectivity index (χ1v) is 9.14. The van der Waals surface area contributed by atoms with E-state index in [1.165, 1.54) is 32.1 Å². The van der Waals surface area contributed by atoms with Gasteiger partial charge in [0.05, 0.1) is 0 Å². The quantitative estimate of drug-likeness (QED) is 0.401. The number of unbranched alkanes of at least 4 members (excludes halogenated alkanes) is 5. The van der Waals surface area contributed by atoms with Crippen molar-refractivity contribution in [2.24, 2.45) is 0 Å². The van der Waals surface area contributed by atoms with Gasteiger partial charge in [0.2, 0.25) is 0 Å². The highest BCUT2D eigenvalue weighted by atomic mass is 28.4. The fourth-order valence-electron chi connectivity index (χ4n) is 1.85. The van der Waals surface area contributed by atoms with Crippen molar-refractivity contribution >= 4 is 19.3 Å². The third-order valence-electron chi connectivity index (χ3n) is 3.01. The molecule has 17 heavy (non-hydrogen) atoms. The minimum Gasteiger partial charge on any atom is -0.428 e. The standard InChI is InChI=1S/C11H28O4Si2/c1-12-17(13-2,14-3)11-9-7-5-4-6-8-10-15-16/h4-11H2,1-3,16H3. The van der Waals surface area contributed by atoms with Crippen LogP contribution in [0, 0.1) is 0 Å². The summed E-state index contributed by atoms with van der Waals surface area (Å²) >= 11 is 0. The summed E-state index contributed by atoms with van der Waals surface area (Å²) in [5.74, 6) is 0. The maximum atomic E-state index is 5.38. The van der Waals surface area contributed by atoms with Gasteiger partial charge in [-0.25, -0.2) is 0 Å². The summed E-state index contributed by atoms with van der Waals surface area (Å²) < 4.78 is 21.3. The predicted octanol–water partition coefficient (Wildman–Crippen LogP) is 1.50. The maximum absolute atomic E-state index is 5.38. The highest BCUT2D eigenvalue weighted by Gasteiger charge is 2.36. The van der Waals surface area contributed by atoms with Gasteiger partial charge in [0, 0.05) is 34.0 Å². The van der Waals surface area contributed by atoms with E-state index in [1.807, 2.05) is 0 Å². The van der Waals surface area contributed by atoms with Gasteiger partial charge in [-0.1, -0.05) is 25.7 Å². The zero-order valence-electron chi connectivity index (χ0n) is 11.8. The van der Waals surface area contributed by atoms with Crippen LogP contribution in [0.2, 0.25) is 6.04 Å². The Morgan fingerprint density at radius 1 is 0.765 bits per heavy atom.